The van der Waals surface area contributed by atoms with Crippen molar-refractivity contribution < 1.29 is 43.5 Å². The van der Waals surface area contributed by atoms with Crippen molar-refractivity contribution in [2.45, 2.75) is 122 Å². The third-order valence-corrected chi connectivity index (χ3v) is 11.0. The molecule has 378 valence electrons. The van der Waals surface area contributed by atoms with E-state index in [0.717, 1.165) is 16.5 Å². The number of benzene rings is 1. The Morgan fingerprint density at radius 1 is 0.691 bits per heavy atom. The number of para-hydroxylation sites is 1. The number of thiol groups is 1. The molecule has 19 N–H and O–H groups in total. The standard InChI is InChI=1S/C43H71N15O9S/c1-6-23(4)34(58-38(63)30(56-35(60)24(5)44)18-25-19-51-27-12-8-7-11-26(25)27)40(65)55-28(13-9-15-49-42(45)46)36(61)52-20-33(59)53-32(21-68)39(64)54-29(14-10-16-50-43(47)48)37(62)57-31(41(66)67)17-22(2)3/h7-8,11-12,19,22-24,28-32,34,51,68H,6,9-10,13-18,20-21,44H2,1-5H3,(H,52,61)(H,53,59)(H,54,64)(H,55,65)(H,56,60)(H,57,62)(H,58,63)(H,66,67)(H4,45,46,49)(H4,47,48,50)/t23-,24-,28-,29-,30-,31-,32-,34-/m0/s1. The maximum absolute atomic E-state index is 14.1. The number of hydrogen-bond donors (Lipinski definition) is 15. The molecule has 0 unspecified atom stereocenters. The molecule has 2 rings (SSSR count). The molecule has 0 aliphatic carbocycles. The number of nitrogens with zero attached hydrogens (tertiary/aromatic N) is 2. The summed E-state index contributed by atoms with van der Waals surface area (Å²) in [4.78, 5) is 117. The fraction of sp³-hybridized carbons (Fsp3) is 0.581. The lowest BCUT2D eigenvalue weighted by molar-refractivity contribution is -0.142. The average molecular weight is 974 g/mol. The van der Waals surface area contributed by atoms with Gasteiger partial charge >= 0.3 is 5.97 Å². The highest BCUT2D eigenvalue weighted by atomic mass is 32.1. The number of carboxylic acid groups (broad SMARTS) is 1. The van der Waals surface area contributed by atoms with Crippen LogP contribution in [0.15, 0.2) is 40.4 Å². The van der Waals surface area contributed by atoms with Gasteiger partial charge in [0.25, 0.3) is 0 Å². The highest BCUT2D eigenvalue weighted by Crippen LogP contribution is 2.20. The van der Waals surface area contributed by atoms with Crippen LogP contribution in [0.5, 0.6) is 0 Å². The van der Waals surface area contributed by atoms with Crippen molar-refractivity contribution in [2.24, 2.45) is 50.5 Å². The number of aliphatic imine (C=N–C) groups is 2. The fourth-order valence-corrected chi connectivity index (χ4v) is 7.02. The van der Waals surface area contributed by atoms with Crippen molar-refractivity contribution >= 4 is 82.8 Å². The highest BCUT2D eigenvalue weighted by Gasteiger charge is 2.34. The van der Waals surface area contributed by atoms with Gasteiger partial charge in [-0.15, -0.1) is 0 Å². The summed E-state index contributed by atoms with van der Waals surface area (Å²) in [6.07, 6.45) is 2.73. The molecule has 0 aliphatic rings. The van der Waals surface area contributed by atoms with Crippen molar-refractivity contribution in [3.05, 3.63) is 36.0 Å². The number of H-pyrrole nitrogens is 1. The number of nitrogens with one attached hydrogen (secondary N) is 8. The smallest absolute Gasteiger partial charge is 0.326 e. The van der Waals surface area contributed by atoms with E-state index in [9.17, 15) is 43.5 Å². The number of carbonyl (C=O) groups excluding carboxylic acids is 7. The molecule has 0 radical (unpaired) electrons. The number of guanidine groups is 2. The molecule has 24 nitrogen and oxygen atoms in total. The van der Waals surface area contributed by atoms with Gasteiger partial charge in [0.2, 0.25) is 41.4 Å². The lowest BCUT2D eigenvalue weighted by Gasteiger charge is -2.28. The van der Waals surface area contributed by atoms with Gasteiger partial charge in [0.15, 0.2) is 11.9 Å². The molecule has 0 saturated carbocycles. The van der Waals surface area contributed by atoms with Crippen LogP contribution in [0.25, 0.3) is 10.9 Å². The number of nitrogens with two attached hydrogens (primary N) is 5. The zero-order valence-electron chi connectivity index (χ0n) is 39.3. The molecule has 1 aromatic heterocycles. The zero-order chi connectivity index (χ0) is 51.1. The number of aliphatic carboxylic acids is 1. The number of carbonyl (C=O) groups is 8. The molecule has 1 heterocycles. The van der Waals surface area contributed by atoms with Crippen LogP contribution in [0.2, 0.25) is 0 Å². The second kappa shape index (κ2) is 29.2. The lowest BCUT2D eigenvalue weighted by Crippen LogP contribution is -2.60. The Morgan fingerprint density at radius 2 is 1.22 bits per heavy atom. The Hall–Kier alpha value is -6.63. The van der Waals surface area contributed by atoms with E-state index in [1.54, 1.807) is 27.0 Å². The third kappa shape index (κ3) is 20.1. The molecular weight excluding hydrogens is 903 g/mol. The van der Waals surface area contributed by atoms with Gasteiger partial charge in [-0.3, -0.25) is 43.5 Å². The first-order chi connectivity index (χ1) is 32.1. The second-order valence-electron chi connectivity index (χ2n) is 16.9. The summed E-state index contributed by atoms with van der Waals surface area (Å²) >= 11 is 4.19. The van der Waals surface area contributed by atoms with Crippen LogP contribution in [0.1, 0.15) is 78.7 Å². The largest absolute Gasteiger partial charge is 0.480 e. The van der Waals surface area contributed by atoms with E-state index in [1.807, 2.05) is 31.2 Å². The molecule has 25 heteroatoms. The van der Waals surface area contributed by atoms with Gasteiger partial charge < -0.3 is 76.0 Å². The summed E-state index contributed by atoms with van der Waals surface area (Å²) in [5, 5.41) is 28.5. The molecule has 1 aromatic carbocycles. The number of fused-ring (bicyclic) bond motifs is 1. The molecule has 8 atom stereocenters. The summed E-state index contributed by atoms with van der Waals surface area (Å²) < 4.78 is 0. The number of rotatable bonds is 30. The lowest BCUT2D eigenvalue weighted by atomic mass is 9.96. The molecule has 0 aliphatic heterocycles. The van der Waals surface area contributed by atoms with Crippen molar-refractivity contribution in [3.8, 4) is 0 Å². The van der Waals surface area contributed by atoms with Crippen molar-refractivity contribution in [1.29, 1.82) is 0 Å². The Morgan fingerprint density at radius 3 is 1.76 bits per heavy atom. The first-order valence-corrected chi connectivity index (χ1v) is 23.0. The summed E-state index contributed by atoms with van der Waals surface area (Å²) in [5.74, 6) is -7.69. The number of hydrogen-bond acceptors (Lipinski definition) is 12. The van der Waals surface area contributed by atoms with Gasteiger partial charge in [0.1, 0.15) is 36.3 Å². The number of aromatic amines is 1. The Kier molecular flexibility index (Phi) is 24.7. The maximum atomic E-state index is 14.1. The molecule has 2 aromatic rings. The first kappa shape index (κ1) is 57.5. The summed E-state index contributed by atoms with van der Waals surface area (Å²) in [7, 11) is 0. The maximum Gasteiger partial charge on any atom is 0.326 e. The van der Waals surface area contributed by atoms with Crippen LogP contribution in [-0.4, -0.2) is 137 Å². The number of carboxylic acids is 1. The first-order valence-electron chi connectivity index (χ1n) is 22.4. The fourth-order valence-electron chi connectivity index (χ4n) is 6.76. The SMILES string of the molecule is CC[C@H](C)[C@H](NC(=O)[C@H](Cc1c[nH]c2ccccc12)NC(=O)[C@H](C)N)C(=O)N[C@@H](CCCN=C(N)N)C(=O)NCC(=O)N[C@@H](CS)C(=O)N[C@@H](CCCN=C(N)N)C(=O)N[C@@H](CC(C)C)C(=O)O. The minimum atomic E-state index is -1.32. The van der Waals surface area contributed by atoms with E-state index in [2.05, 4.69) is 64.8 Å². The second-order valence-corrected chi connectivity index (χ2v) is 17.2. The summed E-state index contributed by atoms with van der Waals surface area (Å²) in [5.41, 5.74) is 29.1. The van der Waals surface area contributed by atoms with E-state index >= 15 is 0 Å². The average Bonchev–Trinajstić information content (AvgIpc) is 3.69. The van der Waals surface area contributed by atoms with Crippen LogP contribution >= 0.6 is 12.6 Å². The van der Waals surface area contributed by atoms with Crippen molar-refractivity contribution in [1.82, 2.24) is 42.2 Å². The Labute approximate surface area is 401 Å². The number of aromatic nitrogens is 1. The predicted molar refractivity (Wildman–Crippen MR) is 260 cm³/mol. The normalized spacial score (nSPS) is 14.6. The van der Waals surface area contributed by atoms with Gasteiger partial charge in [0.05, 0.1) is 12.6 Å². The van der Waals surface area contributed by atoms with Crippen LogP contribution < -0.4 is 65.9 Å². The van der Waals surface area contributed by atoms with Crippen molar-refractivity contribution in [3.63, 3.8) is 0 Å². The van der Waals surface area contributed by atoms with Crippen LogP contribution in [0.4, 0.5) is 0 Å². The topological polar surface area (TPSA) is 412 Å². The quantitative estimate of drug-likeness (QED) is 0.0164. The van der Waals surface area contributed by atoms with Gasteiger partial charge in [-0.05, 0) is 62.5 Å². The summed E-state index contributed by atoms with van der Waals surface area (Å²) in [6.45, 7) is 8.10. The van der Waals surface area contributed by atoms with E-state index in [1.165, 1.54) is 6.92 Å². The van der Waals surface area contributed by atoms with Gasteiger partial charge in [0, 0.05) is 42.4 Å². The van der Waals surface area contributed by atoms with Gasteiger partial charge in [-0.25, -0.2) is 4.79 Å². The van der Waals surface area contributed by atoms with E-state index < -0.39 is 102 Å². The van der Waals surface area contributed by atoms with Crippen LogP contribution in [0, 0.1) is 11.8 Å². The Bertz CT molecular complexity index is 2090. The van der Waals surface area contributed by atoms with Crippen LogP contribution in [-0.2, 0) is 44.8 Å². The highest BCUT2D eigenvalue weighted by molar-refractivity contribution is 7.80. The minimum Gasteiger partial charge on any atom is -0.480 e. The van der Waals surface area contributed by atoms with Gasteiger partial charge in [-0.1, -0.05) is 52.3 Å². The predicted octanol–water partition coefficient (Wildman–Crippen LogP) is -2.70. The Balaban J connectivity index is 2.26. The molecule has 7 amide bonds. The zero-order valence-corrected chi connectivity index (χ0v) is 40.2. The molecule has 0 spiro atoms. The molecule has 68 heavy (non-hydrogen) atoms. The van der Waals surface area contributed by atoms with Gasteiger partial charge in [-0.2, -0.15) is 12.6 Å². The molecule has 0 fully saturated rings. The molecule has 0 bridgehead atoms. The monoisotopic (exact) mass is 974 g/mol. The van der Waals surface area contributed by atoms with Crippen LogP contribution in [0.3, 0.4) is 0 Å². The third-order valence-electron chi connectivity index (χ3n) is 10.7. The molecular formula is C43H71N15O9S. The minimum absolute atomic E-state index is 0.000746. The summed E-state index contributed by atoms with van der Waals surface area (Å²) in [6, 6.07) is -0.961. The van der Waals surface area contributed by atoms with E-state index in [4.69, 9.17) is 28.7 Å². The van der Waals surface area contributed by atoms with E-state index in [0.29, 0.717) is 6.42 Å². The molecule has 0 saturated heterocycles. The van der Waals surface area contributed by atoms with Crippen molar-refractivity contribution in [2.75, 3.05) is 25.4 Å². The van der Waals surface area contributed by atoms with E-state index in [-0.39, 0.29) is 75.2 Å². The number of amides is 7.